The van der Waals surface area contributed by atoms with Gasteiger partial charge in [0, 0.05) is 24.7 Å². The van der Waals surface area contributed by atoms with Crippen LogP contribution in [0.25, 0.3) is 0 Å². The largest absolute Gasteiger partial charge is 0.492 e. The van der Waals surface area contributed by atoms with E-state index in [9.17, 15) is 0 Å². The smallest absolute Gasteiger partial charge is 0.194 e. The molecule has 0 aliphatic heterocycles. The Morgan fingerprint density at radius 3 is 3.00 bits per heavy atom. The Morgan fingerprint density at radius 1 is 1.43 bits per heavy atom. The van der Waals surface area contributed by atoms with Gasteiger partial charge in [0.25, 0.3) is 0 Å². The molecule has 23 heavy (non-hydrogen) atoms. The van der Waals surface area contributed by atoms with E-state index in [-0.39, 0.29) is 0 Å². The Labute approximate surface area is 141 Å². The number of ether oxygens (including phenoxy) is 1. The lowest BCUT2D eigenvalue weighted by atomic mass is 10.3. The van der Waals surface area contributed by atoms with Crippen LogP contribution < -0.4 is 10.1 Å². The van der Waals surface area contributed by atoms with Gasteiger partial charge in [-0.05, 0) is 25.1 Å². The van der Waals surface area contributed by atoms with Crippen LogP contribution in [-0.4, -0.2) is 42.8 Å². The van der Waals surface area contributed by atoms with Crippen molar-refractivity contribution in [2.45, 2.75) is 13.5 Å². The van der Waals surface area contributed by atoms with E-state index in [4.69, 9.17) is 20.9 Å². The number of aliphatic imine (C=N–C) groups is 1. The average Bonchev–Trinajstić information content (AvgIpc) is 3.05. The molecule has 0 atom stereocenters. The molecule has 1 N–H and O–H groups in total. The van der Waals surface area contributed by atoms with Crippen molar-refractivity contribution >= 4 is 17.6 Å². The van der Waals surface area contributed by atoms with E-state index >= 15 is 0 Å². The van der Waals surface area contributed by atoms with Gasteiger partial charge in [0.2, 0.25) is 0 Å². The number of guanidine groups is 1. The Hall–Kier alpha value is -2.21. The zero-order chi connectivity index (χ0) is 16.5. The summed E-state index contributed by atoms with van der Waals surface area (Å²) in [7, 11) is 1.96. The minimum atomic E-state index is 0.471. The molecule has 124 valence electrons. The number of halogens is 1. The minimum absolute atomic E-state index is 0.471. The molecular weight excluding hydrogens is 316 g/mol. The van der Waals surface area contributed by atoms with Crippen molar-refractivity contribution in [2.24, 2.45) is 4.99 Å². The van der Waals surface area contributed by atoms with Crippen molar-refractivity contribution in [2.75, 3.05) is 26.7 Å². The van der Waals surface area contributed by atoms with Gasteiger partial charge in [0.1, 0.15) is 24.3 Å². The van der Waals surface area contributed by atoms with Gasteiger partial charge in [-0.3, -0.25) is 0 Å². The molecule has 1 heterocycles. The molecule has 2 aromatic rings. The summed E-state index contributed by atoms with van der Waals surface area (Å²) < 4.78 is 10.5. The molecule has 2 rings (SSSR count). The highest BCUT2D eigenvalue weighted by molar-refractivity contribution is 6.30. The van der Waals surface area contributed by atoms with E-state index in [0.717, 1.165) is 23.9 Å². The molecule has 1 aromatic carbocycles. The Balaban J connectivity index is 1.85. The van der Waals surface area contributed by atoms with Gasteiger partial charge in [-0.15, -0.1) is 0 Å². The topological polar surface area (TPSA) is 62.9 Å². The molecule has 0 aliphatic rings. The molecule has 0 spiro atoms. The van der Waals surface area contributed by atoms with Crippen molar-refractivity contribution < 1.29 is 9.26 Å². The molecule has 1 aromatic heterocycles. The van der Waals surface area contributed by atoms with Gasteiger partial charge in [-0.1, -0.05) is 22.8 Å². The summed E-state index contributed by atoms with van der Waals surface area (Å²) in [5.74, 6) is 1.56. The van der Waals surface area contributed by atoms with Crippen molar-refractivity contribution in [1.82, 2.24) is 15.4 Å². The maximum absolute atomic E-state index is 5.93. The average molecular weight is 337 g/mol. The van der Waals surface area contributed by atoms with E-state index in [1.807, 2.05) is 37.1 Å². The van der Waals surface area contributed by atoms with Gasteiger partial charge >= 0.3 is 0 Å². The van der Waals surface area contributed by atoms with Crippen molar-refractivity contribution in [1.29, 1.82) is 0 Å². The number of likely N-dealkylation sites (N-methyl/N-ethyl adjacent to an activating group) is 1. The Morgan fingerprint density at radius 2 is 2.30 bits per heavy atom. The molecule has 0 amide bonds. The summed E-state index contributed by atoms with van der Waals surface area (Å²) in [6.07, 6.45) is 1.54. The first-order valence-electron chi connectivity index (χ1n) is 7.46. The predicted octanol–water partition coefficient (Wildman–Crippen LogP) is 2.80. The maximum atomic E-state index is 5.93. The fraction of sp³-hybridized carbons (Fsp3) is 0.375. The standard InChI is InChI=1S/C16H21ClN4O2/c1-3-18-16(19-12-14-7-9-23-20-14)21(2)8-10-22-15-6-4-5-13(17)11-15/h4-7,9,11H,3,8,10,12H2,1-2H3,(H,18,19). The first-order chi connectivity index (χ1) is 11.2. The maximum Gasteiger partial charge on any atom is 0.194 e. The monoisotopic (exact) mass is 336 g/mol. The molecule has 7 heteroatoms. The summed E-state index contributed by atoms with van der Waals surface area (Å²) in [6, 6.07) is 9.17. The molecule has 6 nitrogen and oxygen atoms in total. The van der Waals surface area contributed by atoms with Crippen LogP contribution in [0.4, 0.5) is 0 Å². The van der Waals surface area contributed by atoms with Crippen LogP contribution in [0.1, 0.15) is 12.6 Å². The second-order valence-corrected chi connectivity index (χ2v) is 5.32. The van der Waals surface area contributed by atoms with Crippen LogP contribution in [0.15, 0.2) is 46.1 Å². The highest BCUT2D eigenvalue weighted by atomic mass is 35.5. The second kappa shape index (κ2) is 9.05. The van der Waals surface area contributed by atoms with Gasteiger partial charge in [0.05, 0.1) is 13.1 Å². The lowest BCUT2D eigenvalue weighted by molar-refractivity contribution is 0.281. The van der Waals surface area contributed by atoms with Gasteiger partial charge in [-0.25, -0.2) is 4.99 Å². The van der Waals surface area contributed by atoms with Crippen LogP contribution in [0.5, 0.6) is 5.75 Å². The van der Waals surface area contributed by atoms with E-state index < -0.39 is 0 Å². The summed E-state index contributed by atoms with van der Waals surface area (Å²) in [6.45, 7) is 4.51. The van der Waals surface area contributed by atoms with E-state index in [1.54, 1.807) is 18.4 Å². The SMILES string of the molecule is CCNC(=NCc1ccon1)N(C)CCOc1cccc(Cl)c1. The lowest BCUT2D eigenvalue weighted by Crippen LogP contribution is -2.40. The number of nitrogens with one attached hydrogen (secondary N) is 1. The predicted molar refractivity (Wildman–Crippen MR) is 90.9 cm³/mol. The summed E-state index contributed by atoms with van der Waals surface area (Å²) >= 11 is 5.93. The van der Waals surface area contributed by atoms with Crippen molar-refractivity contribution in [3.8, 4) is 5.75 Å². The summed E-state index contributed by atoms with van der Waals surface area (Å²) in [5.41, 5.74) is 0.795. The normalized spacial score (nSPS) is 11.3. The Bertz CT molecular complexity index is 616. The van der Waals surface area contributed by atoms with Crippen molar-refractivity contribution in [3.05, 3.63) is 47.3 Å². The van der Waals surface area contributed by atoms with Crippen LogP contribution in [0, 0.1) is 0 Å². The quantitative estimate of drug-likeness (QED) is 0.622. The van der Waals surface area contributed by atoms with E-state index in [0.29, 0.717) is 24.7 Å². The summed E-state index contributed by atoms with van der Waals surface area (Å²) in [4.78, 5) is 6.54. The number of aromatic nitrogens is 1. The van der Waals surface area contributed by atoms with Crippen molar-refractivity contribution in [3.63, 3.8) is 0 Å². The number of rotatable bonds is 7. The van der Waals surface area contributed by atoms with E-state index in [1.165, 1.54) is 0 Å². The number of hydrogen-bond acceptors (Lipinski definition) is 4. The Kier molecular flexibility index (Phi) is 6.75. The molecule has 0 saturated heterocycles. The van der Waals surface area contributed by atoms with Crippen LogP contribution in [0.2, 0.25) is 5.02 Å². The van der Waals surface area contributed by atoms with Crippen LogP contribution >= 0.6 is 11.6 Å². The number of benzene rings is 1. The third-order valence-electron chi connectivity index (χ3n) is 3.07. The molecular formula is C16H21ClN4O2. The third kappa shape index (κ3) is 5.83. The molecule has 0 fully saturated rings. The molecule has 0 radical (unpaired) electrons. The third-order valence-corrected chi connectivity index (χ3v) is 3.31. The first-order valence-corrected chi connectivity index (χ1v) is 7.84. The fourth-order valence-corrected chi connectivity index (χ4v) is 2.09. The first kappa shape index (κ1) is 17.1. The molecule has 0 bridgehead atoms. The zero-order valence-electron chi connectivity index (χ0n) is 13.3. The number of nitrogens with zero attached hydrogens (tertiary/aromatic N) is 3. The number of hydrogen-bond donors (Lipinski definition) is 1. The highest BCUT2D eigenvalue weighted by Crippen LogP contribution is 2.16. The molecule has 0 saturated carbocycles. The molecule has 0 unspecified atom stereocenters. The summed E-state index contributed by atoms with van der Waals surface area (Å²) in [5, 5.41) is 7.76. The van der Waals surface area contributed by atoms with Gasteiger partial charge in [-0.2, -0.15) is 0 Å². The minimum Gasteiger partial charge on any atom is -0.492 e. The lowest BCUT2D eigenvalue weighted by Gasteiger charge is -2.22. The van der Waals surface area contributed by atoms with Crippen LogP contribution in [0.3, 0.4) is 0 Å². The zero-order valence-corrected chi connectivity index (χ0v) is 14.1. The van der Waals surface area contributed by atoms with E-state index in [2.05, 4.69) is 15.5 Å². The van der Waals surface area contributed by atoms with Gasteiger partial charge in [0.15, 0.2) is 5.96 Å². The van der Waals surface area contributed by atoms with Gasteiger partial charge < -0.3 is 19.5 Å². The fourth-order valence-electron chi connectivity index (χ4n) is 1.91. The van der Waals surface area contributed by atoms with Crippen LogP contribution in [-0.2, 0) is 6.54 Å². The second-order valence-electron chi connectivity index (χ2n) is 4.89. The highest BCUT2D eigenvalue weighted by Gasteiger charge is 2.06. The molecule has 0 aliphatic carbocycles.